The van der Waals surface area contributed by atoms with Crippen LogP contribution in [-0.4, -0.2) is 69.0 Å². The number of fused-ring (bicyclic) bond motifs is 1. The number of hydrogen-bond donors (Lipinski definition) is 2. The Labute approximate surface area is 194 Å². The molecule has 1 unspecified atom stereocenters. The van der Waals surface area contributed by atoms with Crippen LogP contribution in [0.3, 0.4) is 0 Å². The van der Waals surface area contributed by atoms with Gasteiger partial charge in [-0.1, -0.05) is 0 Å². The predicted molar refractivity (Wildman–Crippen MR) is 117 cm³/mol. The zero-order chi connectivity index (χ0) is 24.0. The normalized spacial score (nSPS) is 18.4. The summed E-state index contributed by atoms with van der Waals surface area (Å²) in [7, 11) is 0. The average Bonchev–Trinajstić information content (AvgIpc) is 3.49. The molecule has 0 radical (unpaired) electrons. The number of thiophene rings is 1. The van der Waals surface area contributed by atoms with Gasteiger partial charge in [-0.2, -0.15) is 18.3 Å². The van der Waals surface area contributed by atoms with Gasteiger partial charge in [-0.3, -0.25) is 9.58 Å². The van der Waals surface area contributed by atoms with Crippen LogP contribution < -0.4 is 5.32 Å². The number of urea groups is 1. The molecule has 2 aliphatic rings. The fourth-order valence-corrected chi connectivity index (χ4v) is 4.90. The van der Waals surface area contributed by atoms with Crippen LogP contribution in [-0.2, 0) is 17.9 Å². The molecule has 0 aromatic carbocycles. The third kappa shape index (κ3) is 7.19. The molecule has 33 heavy (non-hydrogen) atoms. The maximum absolute atomic E-state index is 12.2. The molecule has 2 N–H and O–H groups in total. The number of nitrogens with one attached hydrogen (secondary N) is 1. The number of rotatable bonds is 5. The SMILES string of the molecule is Cc1ccc(CN2Cc3ccnn3C(CCNC(=O)N3CCCC3)C2)s1.O=C(O)C(F)(F)F. The molecule has 0 saturated carbocycles. The number of carbonyl (C=O) groups is 2. The summed E-state index contributed by atoms with van der Waals surface area (Å²) in [6, 6.07) is 6.94. The highest BCUT2D eigenvalue weighted by Crippen LogP contribution is 2.26. The van der Waals surface area contributed by atoms with E-state index in [1.807, 2.05) is 22.4 Å². The highest BCUT2D eigenvalue weighted by Gasteiger charge is 2.38. The van der Waals surface area contributed by atoms with Crippen LogP contribution >= 0.6 is 11.3 Å². The summed E-state index contributed by atoms with van der Waals surface area (Å²) in [6.07, 6.45) is -0.0220. The molecule has 0 bridgehead atoms. The quantitative estimate of drug-likeness (QED) is 0.672. The second-order valence-corrected chi connectivity index (χ2v) is 9.49. The number of halogens is 3. The van der Waals surface area contributed by atoms with Crippen LogP contribution in [0.4, 0.5) is 18.0 Å². The van der Waals surface area contributed by atoms with Crippen molar-refractivity contribution in [3.8, 4) is 0 Å². The standard InChI is InChI=1S/C19H27N5OS.C2HF3O2/c1-15-4-5-18(26-15)14-22-12-16(24-17(13-22)7-9-21-24)6-8-20-19(25)23-10-2-3-11-23;3-2(4,5)1(6)7/h4-5,7,9,16H,2-3,6,8,10-14H2,1H3,(H,20,25);(H,6,7). The lowest BCUT2D eigenvalue weighted by molar-refractivity contribution is -0.192. The Kier molecular flexibility index (Phi) is 8.35. The van der Waals surface area contributed by atoms with E-state index in [2.05, 4.69) is 45.1 Å². The lowest BCUT2D eigenvalue weighted by Crippen LogP contribution is -2.41. The number of aliphatic carboxylic acids is 1. The largest absolute Gasteiger partial charge is 0.490 e. The van der Waals surface area contributed by atoms with Gasteiger partial charge in [-0.05, 0) is 44.4 Å². The number of carboxylic acid groups (broad SMARTS) is 1. The third-order valence-corrected chi connectivity index (χ3v) is 6.50. The molecule has 8 nitrogen and oxygen atoms in total. The van der Waals surface area contributed by atoms with Crippen molar-refractivity contribution in [2.24, 2.45) is 0 Å². The molecule has 2 aromatic heterocycles. The molecular weight excluding hydrogens is 459 g/mol. The van der Waals surface area contributed by atoms with E-state index in [-0.39, 0.29) is 6.03 Å². The summed E-state index contributed by atoms with van der Waals surface area (Å²) in [6.45, 7) is 7.55. The van der Waals surface area contributed by atoms with Crippen molar-refractivity contribution in [3.63, 3.8) is 0 Å². The van der Waals surface area contributed by atoms with E-state index < -0.39 is 12.1 Å². The van der Waals surface area contributed by atoms with Crippen molar-refractivity contribution in [3.05, 3.63) is 39.8 Å². The van der Waals surface area contributed by atoms with Gasteiger partial charge in [0.15, 0.2) is 0 Å². The Morgan fingerprint density at radius 1 is 1.24 bits per heavy atom. The second-order valence-electron chi connectivity index (χ2n) is 8.12. The predicted octanol–water partition coefficient (Wildman–Crippen LogP) is 3.64. The first-order chi connectivity index (χ1) is 15.6. The van der Waals surface area contributed by atoms with Crippen LogP contribution in [0.5, 0.6) is 0 Å². The Hall–Kier alpha value is -2.60. The van der Waals surface area contributed by atoms with Crippen LogP contribution in [0.15, 0.2) is 24.4 Å². The number of alkyl halides is 3. The Bertz CT molecular complexity index is 940. The number of amides is 2. The molecule has 0 aliphatic carbocycles. The topological polar surface area (TPSA) is 90.7 Å². The Morgan fingerprint density at radius 2 is 1.94 bits per heavy atom. The molecule has 4 heterocycles. The van der Waals surface area contributed by atoms with Gasteiger partial charge in [0.1, 0.15) is 0 Å². The molecule has 1 atom stereocenters. The smallest absolute Gasteiger partial charge is 0.475 e. The van der Waals surface area contributed by atoms with E-state index >= 15 is 0 Å². The summed E-state index contributed by atoms with van der Waals surface area (Å²) in [5.74, 6) is -2.76. The summed E-state index contributed by atoms with van der Waals surface area (Å²) < 4.78 is 33.9. The second kappa shape index (κ2) is 11.0. The fourth-order valence-electron chi connectivity index (χ4n) is 3.97. The number of aryl methyl sites for hydroxylation is 1. The number of carbonyl (C=O) groups excluding carboxylic acids is 1. The van der Waals surface area contributed by atoms with Crippen molar-refractivity contribution in [2.75, 3.05) is 26.2 Å². The van der Waals surface area contributed by atoms with Crippen LogP contribution in [0, 0.1) is 6.92 Å². The molecule has 0 spiro atoms. The minimum Gasteiger partial charge on any atom is -0.475 e. The van der Waals surface area contributed by atoms with Crippen LogP contribution in [0.2, 0.25) is 0 Å². The molecule has 2 aliphatic heterocycles. The molecular formula is C21H28F3N5O3S. The number of carboxylic acids is 1. The van der Waals surface area contributed by atoms with E-state index in [1.54, 1.807) is 0 Å². The minimum atomic E-state index is -5.08. The van der Waals surface area contributed by atoms with Crippen molar-refractivity contribution >= 4 is 23.3 Å². The van der Waals surface area contributed by atoms with E-state index in [4.69, 9.17) is 9.90 Å². The fraction of sp³-hybridized carbons (Fsp3) is 0.571. The van der Waals surface area contributed by atoms with E-state index in [9.17, 15) is 18.0 Å². The van der Waals surface area contributed by atoms with E-state index in [0.717, 1.165) is 52.0 Å². The summed E-state index contributed by atoms with van der Waals surface area (Å²) in [4.78, 5) is 28.3. The highest BCUT2D eigenvalue weighted by molar-refractivity contribution is 7.11. The van der Waals surface area contributed by atoms with E-state index in [1.165, 1.54) is 15.4 Å². The molecule has 2 amide bonds. The zero-order valence-corrected chi connectivity index (χ0v) is 19.2. The molecule has 182 valence electrons. The van der Waals surface area contributed by atoms with Crippen molar-refractivity contribution in [1.29, 1.82) is 0 Å². The first kappa shape index (κ1) is 25.0. The highest BCUT2D eigenvalue weighted by atomic mass is 32.1. The van der Waals surface area contributed by atoms with Gasteiger partial charge < -0.3 is 15.3 Å². The lowest BCUT2D eigenvalue weighted by Gasteiger charge is -2.33. The van der Waals surface area contributed by atoms with Gasteiger partial charge >= 0.3 is 18.2 Å². The first-order valence-corrected chi connectivity index (χ1v) is 11.6. The van der Waals surface area contributed by atoms with Gasteiger partial charge in [0, 0.05) is 55.2 Å². The number of likely N-dealkylation sites (tertiary alicyclic amines) is 1. The van der Waals surface area contributed by atoms with Gasteiger partial charge in [0.2, 0.25) is 0 Å². The molecule has 12 heteroatoms. The maximum Gasteiger partial charge on any atom is 0.490 e. The monoisotopic (exact) mass is 487 g/mol. The number of hydrogen-bond acceptors (Lipinski definition) is 5. The average molecular weight is 488 g/mol. The first-order valence-electron chi connectivity index (χ1n) is 10.8. The lowest BCUT2D eigenvalue weighted by atomic mass is 10.1. The summed E-state index contributed by atoms with van der Waals surface area (Å²) >= 11 is 1.88. The van der Waals surface area contributed by atoms with Crippen LogP contribution in [0.1, 0.15) is 40.8 Å². The minimum absolute atomic E-state index is 0.0879. The molecule has 1 fully saturated rings. The molecule has 1 saturated heterocycles. The Balaban J connectivity index is 0.000000383. The zero-order valence-electron chi connectivity index (χ0n) is 18.3. The van der Waals surface area contributed by atoms with Crippen molar-refractivity contribution in [2.45, 2.75) is 51.5 Å². The van der Waals surface area contributed by atoms with Gasteiger partial charge in [0.25, 0.3) is 0 Å². The number of nitrogens with zero attached hydrogens (tertiary/aromatic N) is 4. The van der Waals surface area contributed by atoms with Gasteiger partial charge in [-0.15, -0.1) is 11.3 Å². The molecule has 4 rings (SSSR count). The van der Waals surface area contributed by atoms with Gasteiger partial charge in [-0.25, -0.2) is 9.59 Å². The third-order valence-electron chi connectivity index (χ3n) is 5.52. The molecule has 2 aromatic rings. The summed E-state index contributed by atoms with van der Waals surface area (Å²) in [5, 5.41) is 14.7. The van der Waals surface area contributed by atoms with Gasteiger partial charge in [0.05, 0.1) is 11.7 Å². The van der Waals surface area contributed by atoms with E-state index in [0.29, 0.717) is 12.6 Å². The van der Waals surface area contributed by atoms with Crippen molar-refractivity contribution in [1.82, 2.24) is 24.9 Å². The number of aromatic nitrogens is 2. The van der Waals surface area contributed by atoms with Crippen molar-refractivity contribution < 1.29 is 27.9 Å². The van der Waals surface area contributed by atoms with Crippen LogP contribution in [0.25, 0.3) is 0 Å². The summed E-state index contributed by atoms with van der Waals surface area (Å²) in [5.41, 5.74) is 1.26. The maximum atomic E-state index is 12.2. The Morgan fingerprint density at radius 3 is 2.55 bits per heavy atom.